The first-order chi connectivity index (χ1) is 12.2. The number of carbonyl (C=O) groups is 1. The molecule has 1 aliphatic rings. The fraction of sp³-hybridized carbons (Fsp3) is 0.300. The van der Waals surface area contributed by atoms with E-state index in [0.29, 0.717) is 5.92 Å². The van der Waals surface area contributed by atoms with Crippen LogP contribution in [0.25, 0.3) is 10.8 Å². The number of fused-ring (bicyclic) bond motifs is 1. The summed E-state index contributed by atoms with van der Waals surface area (Å²) in [5, 5.41) is 14.2. The Morgan fingerprint density at radius 2 is 1.92 bits per heavy atom. The highest BCUT2D eigenvalue weighted by atomic mass is 32.1. The zero-order valence-corrected chi connectivity index (χ0v) is 14.7. The van der Waals surface area contributed by atoms with Crippen LogP contribution in [0, 0.1) is 0 Å². The quantitative estimate of drug-likeness (QED) is 0.757. The normalized spacial score (nSPS) is 16.3. The van der Waals surface area contributed by atoms with Gasteiger partial charge in [-0.2, -0.15) is 0 Å². The van der Waals surface area contributed by atoms with Gasteiger partial charge >= 0.3 is 5.97 Å². The third-order valence-electron chi connectivity index (χ3n) is 4.98. The van der Waals surface area contributed by atoms with Crippen molar-refractivity contribution in [2.24, 2.45) is 0 Å². The minimum absolute atomic E-state index is 0.158. The lowest BCUT2D eigenvalue weighted by atomic mass is 9.86. The number of carboxylic acids is 1. The molecular formula is C20H20N2O2S. The standard InChI is InChI=1S/C20H20N2O2S/c23-20(24)18-13-25-19(21-18)12-22-10-8-15(9-11-22)17-7-3-5-14-4-1-2-6-16(14)17/h1-7,13,15H,8-12H2,(H,23,24). The van der Waals surface area contributed by atoms with Crippen LogP contribution >= 0.6 is 11.3 Å². The Hall–Kier alpha value is -2.24. The van der Waals surface area contributed by atoms with E-state index in [4.69, 9.17) is 5.11 Å². The topological polar surface area (TPSA) is 53.4 Å². The minimum Gasteiger partial charge on any atom is -0.476 e. The first-order valence-electron chi connectivity index (χ1n) is 8.58. The molecule has 0 bridgehead atoms. The van der Waals surface area contributed by atoms with Gasteiger partial charge in [-0.25, -0.2) is 9.78 Å². The number of thiazole rings is 1. The summed E-state index contributed by atoms with van der Waals surface area (Å²) in [6, 6.07) is 15.2. The van der Waals surface area contributed by atoms with E-state index in [1.165, 1.54) is 27.7 Å². The van der Waals surface area contributed by atoms with Crippen molar-refractivity contribution in [1.82, 2.24) is 9.88 Å². The first-order valence-corrected chi connectivity index (χ1v) is 9.46. The van der Waals surface area contributed by atoms with E-state index >= 15 is 0 Å². The van der Waals surface area contributed by atoms with Gasteiger partial charge in [0.2, 0.25) is 0 Å². The predicted octanol–water partition coefficient (Wildman–Crippen LogP) is 4.37. The summed E-state index contributed by atoms with van der Waals surface area (Å²) in [4.78, 5) is 17.5. The second kappa shape index (κ2) is 6.94. The van der Waals surface area contributed by atoms with Crippen molar-refractivity contribution in [2.45, 2.75) is 25.3 Å². The fourth-order valence-electron chi connectivity index (χ4n) is 3.68. The van der Waals surface area contributed by atoms with Crippen LogP contribution in [0.5, 0.6) is 0 Å². The van der Waals surface area contributed by atoms with Gasteiger partial charge in [-0.3, -0.25) is 4.90 Å². The van der Waals surface area contributed by atoms with Gasteiger partial charge in [-0.1, -0.05) is 42.5 Å². The Balaban J connectivity index is 1.43. The average molecular weight is 352 g/mol. The predicted molar refractivity (Wildman–Crippen MR) is 100 cm³/mol. The van der Waals surface area contributed by atoms with Crippen molar-refractivity contribution in [3.63, 3.8) is 0 Å². The molecule has 0 aliphatic carbocycles. The molecule has 0 unspecified atom stereocenters. The molecule has 128 valence electrons. The molecule has 1 fully saturated rings. The van der Waals surface area contributed by atoms with Crippen molar-refractivity contribution in [3.05, 3.63) is 64.1 Å². The third-order valence-corrected chi connectivity index (χ3v) is 5.81. The Kier molecular flexibility index (Phi) is 4.51. The highest BCUT2D eigenvalue weighted by molar-refractivity contribution is 7.09. The fourth-order valence-corrected chi connectivity index (χ4v) is 4.49. The van der Waals surface area contributed by atoms with Gasteiger partial charge in [0.1, 0.15) is 5.01 Å². The lowest BCUT2D eigenvalue weighted by Crippen LogP contribution is -2.32. The van der Waals surface area contributed by atoms with E-state index in [1.807, 2.05) is 0 Å². The van der Waals surface area contributed by atoms with E-state index in [2.05, 4.69) is 52.3 Å². The molecule has 4 nitrogen and oxygen atoms in total. The zero-order chi connectivity index (χ0) is 17.2. The Bertz CT molecular complexity index is 892. The molecule has 0 atom stereocenters. The summed E-state index contributed by atoms with van der Waals surface area (Å²) in [6.07, 6.45) is 2.26. The maximum atomic E-state index is 10.9. The highest BCUT2D eigenvalue weighted by Crippen LogP contribution is 2.33. The monoisotopic (exact) mass is 352 g/mol. The van der Waals surface area contributed by atoms with Crippen LogP contribution in [0.3, 0.4) is 0 Å². The third kappa shape index (κ3) is 3.43. The van der Waals surface area contributed by atoms with E-state index in [9.17, 15) is 4.79 Å². The van der Waals surface area contributed by atoms with Crippen LogP contribution in [-0.4, -0.2) is 34.0 Å². The zero-order valence-electron chi connectivity index (χ0n) is 13.9. The number of hydrogen-bond acceptors (Lipinski definition) is 4. The number of rotatable bonds is 4. The number of carboxylic acid groups (broad SMARTS) is 1. The van der Waals surface area contributed by atoms with E-state index in [-0.39, 0.29) is 5.69 Å². The van der Waals surface area contributed by atoms with Gasteiger partial charge in [0.25, 0.3) is 0 Å². The molecular weight excluding hydrogens is 332 g/mol. The molecule has 5 heteroatoms. The molecule has 4 rings (SSSR count). The van der Waals surface area contributed by atoms with Gasteiger partial charge in [-0.05, 0) is 48.2 Å². The molecule has 1 aliphatic heterocycles. The van der Waals surface area contributed by atoms with Crippen LogP contribution in [0.1, 0.15) is 39.8 Å². The lowest BCUT2D eigenvalue weighted by Gasteiger charge is -2.32. The average Bonchev–Trinajstić information content (AvgIpc) is 3.11. The second-order valence-corrected chi connectivity index (χ2v) is 7.49. The molecule has 2 heterocycles. The first kappa shape index (κ1) is 16.2. The molecule has 3 aromatic rings. The maximum absolute atomic E-state index is 10.9. The van der Waals surface area contributed by atoms with Crippen LogP contribution in [0.4, 0.5) is 0 Å². The van der Waals surface area contributed by atoms with Gasteiger partial charge in [0, 0.05) is 5.38 Å². The SMILES string of the molecule is O=C(O)c1csc(CN2CCC(c3cccc4ccccc34)CC2)n1. The number of aromatic carboxylic acids is 1. The number of hydrogen-bond donors (Lipinski definition) is 1. The van der Waals surface area contributed by atoms with Crippen molar-refractivity contribution in [3.8, 4) is 0 Å². The summed E-state index contributed by atoms with van der Waals surface area (Å²) >= 11 is 1.44. The number of piperidine rings is 1. The number of benzene rings is 2. The van der Waals surface area contributed by atoms with Crippen LogP contribution in [-0.2, 0) is 6.54 Å². The number of aromatic nitrogens is 1. The smallest absolute Gasteiger partial charge is 0.355 e. The van der Waals surface area contributed by atoms with E-state index < -0.39 is 5.97 Å². The molecule has 25 heavy (non-hydrogen) atoms. The van der Waals surface area contributed by atoms with E-state index in [0.717, 1.165) is 37.5 Å². The lowest BCUT2D eigenvalue weighted by molar-refractivity contribution is 0.0691. The molecule has 0 saturated carbocycles. The van der Waals surface area contributed by atoms with E-state index in [1.54, 1.807) is 5.38 Å². The van der Waals surface area contributed by atoms with Gasteiger partial charge in [0.15, 0.2) is 5.69 Å². The second-order valence-electron chi connectivity index (χ2n) is 6.55. The Morgan fingerprint density at radius 1 is 1.16 bits per heavy atom. The molecule has 1 saturated heterocycles. The van der Waals surface area contributed by atoms with Crippen LogP contribution < -0.4 is 0 Å². The molecule has 1 N–H and O–H groups in total. The maximum Gasteiger partial charge on any atom is 0.355 e. The van der Waals surface area contributed by atoms with Crippen molar-refractivity contribution >= 4 is 28.1 Å². The molecule has 0 spiro atoms. The van der Waals surface area contributed by atoms with Crippen LogP contribution in [0.15, 0.2) is 47.8 Å². The molecule has 1 aromatic heterocycles. The van der Waals surface area contributed by atoms with Crippen LogP contribution in [0.2, 0.25) is 0 Å². The molecule has 0 radical (unpaired) electrons. The van der Waals surface area contributed by atoms with Gasteiger partial charge in [-0.15, -0.1) is 11.3 Å². The van der Waals surface area contributed by atoms with Crippen molar-refractivity contribution < 1.29 is 9.90 Å². The highest BCUT2D eigenvalue weighted by Gasteiger charge is 2.22. The molecule has 0 amide bonds. The summed E-state index contributed by atoms with van der Waals surface area (Å²) < 4.78 is 0. The summed E-state index contributed by atoms with van der Waals surface area (Å²) in [6.45, 7) is 2.80. The minimum atomic E-state index is -0.947. The van der Waals surface area contributed by atoms with Crippen molar-refractivity contribution in [1.29, 1.82) is 0 Å². The molecule has 2 aromatic carbocycles. The largest absolute Gasteiger partial charge is 0.476 e. The number of likely N-dealkylation sites (tertiary alicyclic amines) is 1. The van der Waals surface area contributed by atoms with Crippen molar-refractivity contribution in [2.75, 3.05) is 13.1 Å². The Labute approximate surface area is 150 Å². The number of nitrogens with zero attached hydrogens (tertiary/aromatic N) is 2. The summed E-state index contributed by atoms with van der Waals surface area (Å²) in [5.74, 6) is -0.356. The van der Waals surface area contributed by atoms with Gasteiger partial charge < -0.3 is 5.11 Å². The summed E-state index contributed by atoms with van der Waals surface area (Å²) in [5.41, 5.74) is 1.62. The summed E-state index contributed by atoms with van der Waals surface area (Å²) in [7, 11) is 0. The van der Waals surface area contributed by atoms with Gasteiger partial charge in [0.05, 0.1) is 6.54 Å². The Morgan fingerprint density at radius 3 is 2.68 bits per heavy atom.